The number of methoxy groups -OCH3 is 2. The fourth-order valence-electron chi connectivity index (χ4n) is 2.24. The summed E-state index contributed by atoms with van der Waals surface area (Å²) < 4.78 is 29.4. The average Bonchev–Trinajstić information content (AvgIpc) is 3.08. The second-order valence-corrected chi connectivity index (χ2v) is 4.93. The molecule has 0 saturated heterocycles. The molecule has 1 N–H and O–H groups in total. The number of hydrogen-bond acceptors (Lipinski definition) is 6. The van der Waals surface area contributed by atoms with Crippen LogP contribution in [0.3, 0.4) is 0 Å². The first-order valence-corrected chi connectivity index (χ1v) is 7.24. The Morgan fingerprint density at radius 2 is 1.96 bits per heavy atom. The van der Waals surface area contributed by atoms with Gasteiger partial charge in [0.15, 0.2) is 0 Å². The van der Waals surface area contributed by atoms with E-state index in [9.17, 15) is 4.39 Å². The molecule has 0 radical (unpaired) electrons. The maximum atomic E-state index is 13.7. The minimum atomic E-state index is -0.403. The van der Waals surface area contributed by atoms with Gasteiger partial charge in [-0.15, -0.1) is 0 Å². The summed E-state index contributed by atoms with van der Waals surface area (Å²) in [5, 5.41) is 6.79. The van der Waals surface area contributed by atoms with Gasteiger partial charge < -0.3 is 19.3 Å². The van der Waals surface area contributed by atoms with Crippen molar-refractivity contribution in [1.82, 2.24) is 10.1 Å². The van der Waals surface area contributed by atoms with Crippen molar-refractivity contribution in [1.29, 1.82) is 0 Å². The van der Waals surface area contributed by atoms with Gasteiger partial charge in [-0.25, -0.2) is 4.39 Å². The Hall–Kier alpha value is -3.09. The molecule has 0 unspecified atom stereocenters. The molecule has 0 aliphatic carbocycles. The molecule has 24 heavy (non-hydrogen) atoms. The van der Waals surface area contributed by atoms with Crippen molar-refractivity contribution in [2.75, 3.05) is 19.5 Å². The van der Waals surface area contributed by atoms with Crippen LogP contribution in [0.5, 0.6) is 11.5 Å². The van der Waals surface area contributed by atoms with Gasteiger partial charge in [0.25, 0.3) is 0 Å². The fraction of sp³-hybridized carbons (Fsp3) is 0.176. The highest BCUT2D eigenvalue weighted by Crippen LogP contribution is 2.25. The summed E-state index contributed by atoms with van der Waals surface area (Å²) >= 11 is 0. The lowest BCUT2D eigenvalue weighted by atomic mass is 10.2. The van der Waals surface area contributed by atoms with E-state index in [0.29, 0.717) is 18.0 Å². The van der Waals surface area contributed by atoms with E-state index in [2.05, 4.69) is 15.5 Å². The third kappa shape index (κ3) is 3.29. The quantitative estimate of drug-likeness (QED) is 0.746. The van der Waals surface area contributed by atoms with Crippen LogP contribution < -0.4 is 14.8 Å². The predicted molar refractivity (Wildman–Crippen MR) is 86.6 cm³/mol. The van der Waals surface area contributed by atoms with Crippen molar-refractivity contribution in [2.45, 2.75) is 6.54 Å². The molecular weight excluding hydrogens is 313 g/mol. The van der Waals surface area contributed by atoms with Gasteiger partial charge in [-0.05, 0) is 30.3 Å². The maximum absolute atomic E-state index is 13.7. The lowest BCUT2D eigenvalue weighted by Gasteiger charge is -2.10. The number of nitrogens with zero attached hydrogens (tertiary/aromatic N) is 2. The smallest absolute Gasteiger partial charge is 0.322 e. The number of benzene rings is 2. The molecule has 7 heteroatoms. The second-order valence-electron chi connectivity index (χ2n) is 4.93. The maximum Gasteiger partial charge on any atom is 0.322 e. The Morgan fingerprint density at radius 1 is 1.12 bits per heavy atom. The first-order valence-electron chi connectivity index (χ1n) is 7.24. The molecule has 0 saturated carbocycles. The SMILES string of the molecule is COc1ccc(OC)c(CNc2nc(-c3ccccc3F)no2)c1. The molecule has 6 nitrogen and oxygen atoms in total. The van der Waals surface area contributed by atoms with Crippen LogP contribution in [0.1, 0.15) is 5.56 Å². The lowest BCUT2D eigenvalue weighted by molar-refractivity contribution is 0.398. The highest BCUT2D eigenvalue weighted by molar-refractivity contribution is 5.56. The molecule has 0 atom stereocenters. The molecule has 0 aliphatic heterocycles. The van der Waals surface area contributed by atoms with E-state index in [4.69, 9.17) is 14.0 Å². The van der Waals surface area contributed by atoms with E-state index in [1.165, 1.54) is 6.07 Å². The zero-order valence-electron chi connectivity index (χ0n) is 13.2. The second kappa shape index (κ2) is 6.99. The van der Waals surface area contributed by atoms with Crippen LogP contribution in [0.15, 0.2) is 47.0 Å². The monoisotopic (exact) mass is 329 g/mol. The van der Waals surface area contributed by atoms with Crippen molar-refractivity contribution >= 4 is 6.01 Å². The van der Waals surface area contributed by atoms with E-state index < -0.39 is 5.82 Å². The summed E-state index contributed by atoms with van der Waals surface area (Å²) in [7, 11) is 3.19. The summed E-state index contributed by atoms with van der Waals surface area (Å²) in [5.41, 5.74) is 1.15. The molecular formula is C17H16FN3O3. The average molecular weight is 329 g/mol. The Labute approximate surface area is 138 Å². The molecule has 1 heterocycles. The molecule has 0 fully saturated rings. The third-order valence-electron chi connectivity index (χ3n) is 3.46. The lowest BCUT2D eigenvalue weighted by Crippen LogP contribution is -2.02. The Kier molecular flexibility index (Phi) is 4.60. The van der Waals surface area contributed by atoms with E-state index in [1.807, 2.05) is 18.2 Å². The number of hydrogen-bond donors (Lipinski definition) is 1. The third-order valence-corrected chi connectivity index (χ3v) is 3.46. The number of ether oxygens (including phenoxy) is 2. The van der Waals surface area contributed by atoms with Crippen molar-refractivity contribution in [3.8, 4) is 22.9 Å². The van der Waals surface area contributed by atoms with Crippen molar-refractivity contribution in [3.63, 3.8) is 0 Å². The van der Waals surface area contributed by atoms with Gasteiger partial charge in [-0.3, -0.25) is 0 Å². The molecule has 1 aromatic heterocycles. The number of halogens is 1. The number of rotatable bonds is 6. The van der Waals surface area contributed by atoms with Gasteiger partial charge in [0.1, 0.15) is 17.3 Å². The largest absolute Gasteiger partial charge is 0.497 e. The van der Waals surface area contributed by atoms with Crippen LogP contribution in [-0.4, -0.2) is 24.4 Å². The molecule has 0 aliphatic rings. The van der Waals surface area contributed by atoms with Gasteiger partial charge in [-0.1, -0.05) is 17.3 Å². The van der Waals surface area contributed by atoms with Crippen LogP contribution in [0, 0.1) is 5.82 Å². The van der Waals surface area contributed by atoms with Crippen LogP contribution in [-0.2, 0) is 6.54 Å². The minimum absolute atomic E-state index is 0.188. The minimum Gasteiger partial charge on any atom is -0.497 e. The van der Waals surface area contributed by atoms with Crippen molar-refractivity contribution in [3.05, 3.63) is 53.8 Å². The van der Waals surface area contributed by atoms with E-state index in [-0.39, 0.29) is 17.4 Å². The summed E-state index contributed by atoms with van der Waals surface area (Å²) in [6.07, 6.45) is 0. The van der Waals surface area contributed by atoms with Crippen molar-refractivity contribution < 1.29 is 18.4 Å². The van der Waals surface area contributed by atoms with Gasteiger partial charge in [0.2, 0.25) is 5.82 Å². The van der Waals surface area contributed by atoms with E-state index in [1.54, 1.807) is 32.4 Å². The summed E-state index contributed by atoms with van der Waals surface area (Å²) in [4.78, 5) is 4.15. The standard InChI is InChI=1S/C17H16FN3O3/c1-22-12-7-8-15(23-2)11(9-12)10-19-17-20-16(21-24-17)13-5-3-4-6-14(13)18/h3-9H,10H2,1-2H3,(H,19,20,21). The first-order chi connectivity index (χ1) is 11.7. The van der Waals surface area contributed by atoms with Crippen LogP contribution in [0.25, 0.3) is 11.4 Å². The molecule has 3 aromatic rings. The molecule has 0 bridgehead atoms. The van der Waals surface area contributed by atoms with Crippen LogP contribution in [0.2, 0.25) is 0 Å². The van der Waals surface area contributed by atoms with Gasteiger partial charge in [0.05, 0.1) is 19.8 Å². The molecule has 0 amide bonds. The predicted octanol–water partition coefficient (Wildman–Crippen LogP) is 3.51. The number of anilines is 1. The highest BCUT2D eigenvalue weighted by Gasteiger charge is 2.13. The summed E-state index contributed by atoms with van der Waals surface area (Å²) in [6.45, 7) is 0.388. The van der Waals surface area contributed by atoms with Crippen LogP contribution in [0.4, 0.5) is 10.4 Å². The van der Waals surface area contributed by atoms with E-state index in [0.717, 1.165) is 5.56 Å². The molecule has 2 aromatic carbocycles. The first kappa shape index (κ1) is 15.8. The normalized spacial score (nSPS) is 10.5. The Balaban J connectivity index is 1.75. The number of nitrogens with one attached hydrogen (secondary N) is 1. The fourth-order valence-corrected chi connectivity index (χ4v) is 2.24. The Bertz CT molecular complexity index is 835. The van der Waals surface area contributed by atoms with E-state index >= 15 is 0 Å². The highest BCUT2D eigenvalue weighted by atomic mass is 19.1. The zero-order valence-corrected chi connectivity index (χ0v) is 13.2. The Morgan fingerprint density at radius 3 is 2.71 bits per heavy atom. The number of aromatic nitrogens is 2. The molecule has 124 valence electrons. The van der Waals surface area contributed by atoms with Gasteiger partial charge in [0, 0.05) is 12.1 Å². The molecule has 3 rings (SSSR count). The summed E-state index contributed by atoms with van der Waals surface area (Å²) in [5.74, 6) is 1.20. The van der Waals surface area contributed by atoms with Crippen molar-refractivity contribution in [2.24, 2.45) is 0 Å². The summed E-state index contributed by atoms with van der Waals surface area (Å²) in [6, 6.07) is 11.9. The van der Waals surface area contributed by atoms with Gasteiger partial charge in [-0.2, -0.15) is 4.98 Å². The topological polar surface area (TPSA) is 69.4 Å². The molecule has 0 spiro atoms. The zero-order chi connectivity index (χ0) is 16.9. The van der Waals surface area contributed by atoms with Gasteiger partial charge >= 0.3 is 6.01 Å². The van der Waals surface area contributed by atoms with Crippen LogP contribution >= 0.6 is 0 Å².